The summed E-state index contributed by atoms with van der Waals surface area (Å²) in [5.41, 5.74) is 9.58. The molecule has 0 radical (unpaired) electrons. The SMILES string of the molecule is CC#Cc1cc(Sc2cnc(C)nc2N)c(C(C)C)cc1C. The Morgan fingerprint density at radius 1 is 1.18 bits per heavy atom. The van der Waals surface area contributed by atoms with Crippen molar-refractivity contribution in [2.24, 2.45) is 0 Å². The quantitative estimate of drug-likeness (QED) is 0.858. The lowest BCUT2D eigenvalue weighted by Gasteiger charge is -2.15. The van der Waals surface area contributed by atoms with Crippen LogP contribution in [0.5, 0.6) is 0 Å². The molecule has 0 unspecified atom stereocenters. The molecule has 0 spiro atoms. The summed E-state index contributed by atoms with van der Waals surface area (Å²) in [6.07, 6.45) is 1.79. The minimum Gasteiger partial charge on any atom is -0.383 e. The molecule has 0 amide bonds. The molecule has 1 aromatic carbocycles. The van der Waals surface area contributed by atoms with Gasteiger partial charge in [0.05, 0.1) is 4.90 Å². The Balaban J connectivity index is 2.51. The number of benzene rings is 1. The Labute approximate surface area is 136 Å². The predicted octanol–water partition coefficient (Wildman–Crippen LogP) is 4.32. The number of hydrogen-bond acceptors (Lipinski definition) is 4. The largest absolute Gasteiger partial charge is 0.383 e. The van der Waals surface area contributed by atoms with Crippen LogP contribution >= 0.6 is 11.8 Å². The number of hydrogen-bond donors (Lipinski definition) is 1. The molecule has 0 aliphatic heterocycles. The van der Waals surface area contributed by atoms with Gasteiger partial charge in [0.15, 0.2) is 0 Å². The molecule has 2 rings (SSSR count). The number of rotatable bonds is 3. The Hall–Kier alpha value is -1.99. The van der Waals surface area contributed by atoms with Crippen LogP contribution in [-0.2, 0) is 0 Å². The minimum atomic E-state index is 0.428. The minimum absolute atomic E-state index is 0.428. The average molecular weight is 311 g/mol. The van der Waals surface area contributed by atoms with Crippen LogP contribution in [-0.4, -0.2) is 9.97 Å². The maximum absolute atomic E-state index is 6.02. The van der Waals surface area contributed by atoms with E-state index in [0.29, 0.717) is 17.6 Å². The molecule has 2 N–H and O–H groups in total. The van der Waals surface area contributed by atoms with Crippen molar-refractivity contribution in [3.8, 4) is 11.8 Å². The van der Waals surface area contributed by atoms with Gasteiger partial charge in [-0.3, -0.25) is 0 Å². The molecule has 0 aliphatic rings. The van der Waals surface area contributed by atoms with Crippen molar-refractivity contribution in [1.29, 1.82) is 0 Å². The topological polar surface area (TPSA) is 51.8 Å². The molecule has 1 aromatic heterocycles. The summed E-state index contributed by atoms with van der Waals surface area (Å²) in [6.45, 7) is 10.2. The summed E-state index contributed by atoms with van der Waals surface area (Å²) in [7, 11) is 0. The second-order valence-corrected chi connectivity index (χ2v) is 6.59. The maximum Gasteiger partial charge on any atom is 0.141 e. The number of aryl methyl sites for hydroxylation is 2. The van der Waals surface area contributed by atoms with E-state index in [4.69, 9.17) is 5.73 Å². The van der Waals surface area contributed by atoms with Crippen molar-refractivity contribution < 1.29 is 0 Å². The van der Waals surface area contributed by atoms with E-state index in [-0.39, 0.29) is 0 Å². The molecule has 3 nitrogen and oxygen atoms in total. The second kappa shape index (κ2) is 6.85. The smallest absolute Gasteiger partial charge is 0.141 e. The van der Waals surface area contributed by atoms with Gasteiger partial charge in [0.25, 0.3) is 0 Å². The molecule has 0 saturated carbocycles. The standard InChI is InChI=1S/C18H21N3S/c1-6-7-14-9-16(15(11(2)3)8-12(14)4)22-17-10-20-13(5)21-18(17)19/h8-11H,1-5H3,(H2,19,20,21). The number of aromatic nitrogens is 2. The van der Waals surface area contributed by atoms with Crippen molar-refractivity contribution in [1.82, 2.24) is 9.97 Å². The molecule has 1 heterocycles. The van der Waals surface area contributed by atoms with Crippen molar-refractivity contribution in [2.45, 2.75) is 50.3 Å². The van der Waals surface area contributed by atoms with Gasteiger partial charge in [-0.05, 0) is 43.9 Å². The van der Waals surface area contributed by atoms with Gasteiger partial charge in [-0.25, -0.2) is 9.97 Å². The van der Waals surface area contributed by atoms with Crippen LogP contribution in [0.2, 0.25) is 0 Å². The molecule has 114 valence electrons. The summed E-state index contributed by atoms with van der Waals surface area (Å²) < 4.78 is 0. The summed E-state index contributed by atoms with van der Waals surface area (Å²) in [5, 5.41) is 0. The van der Waals surface area contributed by atoms with Gasteiger partial charge >= 0.3 is 0 Å². The lowest BCUT2D eigenvalue weighted by atomic mass is 9.98. The van der Waals surface area contributed by atoms with Crippen LogP contribution in [0.25, 0.3) is 0 Å². The van der Waals surface area contributed by atoms with E-state index in [1.54, 1.807) is 18.0 Å². The van der Waals surface area contributed by atoms with Gasteiger partial charge in [-0.2, -0.15) is 0 Å². The number of nitrogen functional groups attached to an aromatic ring is 1. The van der Waals surface area contributed by atoms with Gasteiger partial charge < -0.3 is 5.73 Å². The summed E-state index contributed by atoms with van der Waals surface area (Å²) >= 11 is 1.61. The van der Waals surface area contributed by atoms with E-state index in [1.807, 2.05) is 13.8 Å². The Morgan fingerprint density at radius 3 is 2.50 bits per heavy atom. The first-order valence-electron chi connectivity index (χ1n) is 7.26. The normalized spacial score (nSPS) is 10.5. The first kappa shape index (κ1) is 16.4. The number of anilines is 1. The molecule has 22 heavy (non-hydrogen) atoms. The van der Waals surface area contributed by atoms with E-state index in [2.05, 4.69) is 54.7 Å². The lowest BCUT2D eigenvalue weighted by Crippen LogP contribution is -1.99. The zero-order chi connectivity index (χ0) is 16.3. The van der Waals surface area contributed by atoms with E-state index < -0.39 is 0 Å². The fourth-order valence-electron chi connectivity index (χ4n) is 2.19. The predicted molar refractivity (Wildman–Crippen MR) is 93.1 cm³/mol. The van der Waals surface area contributed by atoms with Crippen LogP contribution in [0.1, 0.15) is 49.2 Å². The van der Waals surface area contributed by atoms with Crippen LogP contribution < -0.4 is 5.73 Å². The van der Waals surface area contributed by atoms with E-state index >= 15 is 0 Å². The molecular formula is C18H21N3S. The van der Waals surface area contributed by atoms with Crippen molar-refractivity contribution in [3.63, 3.8) is 0 Å². The second-order valence-electron chi connectivity index (χ2n) is 5.50. The first-order chi connectivity index (χ1) is 10.4. The summed E-state index contributed by atoms with van der Waals surface area (Å²) in [4.78, 5) is 10.5. The third-order valence-corrected chi connectivity index (χ3v) is 4.47. The Morgan fingerprint density at radius 2 is 1.91 bits per heavy atom. The molecule has 0 aliphatic carbocycles. The average Bonchev–Trinajstić information content (AvgIpc) is 2.45. The van der Waals surface area contributed by atoms with E-state index in [1.165, 1.54) is 11.1 Å². The third kappa shape index (κ3) is 3.61. The van der Waals surface area contributed by atoms with Gasteiger partial charge in [0.1, 0.15) is 11.6 Å². The third-order valence-electron chi connectivity index (χ3n) is 3.36. The van der Waals surface area contributed by atoms with Crippen molar-refractivity contribution >= 4 is 17.6 Å². The Kier molecular flexibility index (Phi) is 5.10. The molecule has 0 atom stereocenters. The maximum atomic E-state index is 6.02. The number of nitrogens with zero attached hydrogens (tertiary/aromatic N) is 2. The highest BCUT2D eigenvalue weighted by molar-refractivity contribution is 7.99. The highest BCUT2D eigenvalue weighted by Gasteiger charge is 2.13. The van der Waals surface area contributed by atoms with Gasteiger partial charge in [-0.1, -0.05) is 37.6 Å². The highest BCUT2D eigenvalue weighted by atomic mass is 32.2. The van der Waals surface area contributed by atoms with Crippen LogP contribution in [0.15, 0.2) is 28.1 Å². The monoisotopic (exact) mass is 311 g/mol. The molecule has 4 heteroatoms. The van der Waals surface area contributed by atoms with Crippen LogP contribution in [0.4, 0.5) is 5.82 Å². The van der Waals surface area contributed by atoms with E-state index in [0.717, 1.165) is 15.4 Å². The van der Waals surface area contributed by atoms with E-state index in [9.17, 15) is 0 Å². The summed E-state index contributed by atoms with van der Waals surface area (Å²) in [5.74, 6) is 7.78. The zero-order valence-corrected chi connectivity index (χ0v) is 14.5. The van der Waals surface area contributed by atoms with Gasteiger partial charge in [-0.15, -0.1) is 5.92 Å². The first-order valence-corrected chi connectivity index (χ1v) is 8.08. The van der Waals surface area contributed by atoms with Crippen LogP contribution in [0, 0.1) is 25.7 Å². The zero-order valence-electron chi connectivity index (χ0n) is 13.7. The highest BCUT2D eigenvalue weighted by Crippen LogP contribution is 2.37. The number of nitrogens with two attached hydrogens (primary N) is 1. The molecular weight excluding hydrogens is 290 g/mol. The molecule has 0 fully saturated rings. The van der Waals surface area contributed by atoms with Crippen molar-refractivity contribution in [3.05, 3.63) is 40.8 Å². The lowest BCUT2D eigenvalue weighted by molar-refractivity contribution is 0.839. The fourth-order valence-corrected chi connectivity index (χ4v) is 3.27. The van der Waals surface area contributed by atoms with Crippen LogP contribution in [0.3, 0.4) is 0 Å². The van der Waals surface area contributed by atoms with Crippen molar-refractivity contribution in [2.75, 3.05) is 5.73 Å². The molecule has 2 aromatic rings. The Bertz CT molecular complexity index is 755. The fraction of sp³-hybridized carbons (Fsp3) is 0.333. The summed E-state index contributed by atoms with van der Waals surface area (Å²) in [6, 6.07) is 4.36. The van der Waals surface area contributed by atoms with Gasteiger partial charge in [0, 0.05) is 16.7 Å². The van der Waals surface area contributed by atoms with Gasteiger partial charge in [0.2, 0.25) is 0 Å². The molecule has 0 bridgehead atoms. The molecule has 0 saturated heterocycles.